The molecule has 0 aromatic carbocycles. The molecule has 0 saturated heterocycles. The van der Waals surface area contributed by atoms with Crippen LogP contribution in [0.5, 0.6) is 0 Å². The minimum Gasteiger partial charge on any atom is -0.267 e. The number of unbranched alkanes of at least 4 members (excludes halogenated alkanes) is 6. The van der Waals surface area contributed by atoms with Gasteiger partial charge in [-0.25, -0.2) is 0 Å². The monoisotopic (exact) mass is 358 g/mol. The standard InChI is InChI=1S/C20H38O3S/c1-4-6-8-10-12-14-16-18-20(23-24(3,21)22)19-17-15-13-11-9-7-5-2/h12-15,20H,4-11,16-19H2,1-3H3/b14-12+,15-13+. The molecule has 0 fully saturated rings. The van der Waals surface area contributed by atoms with Gasteiger partial charge in [0.05, 0.1) is 12.4 Å². The molecule has 0 aromatic heterocycles. The van der Waals surface area contributed by atoms with Gasteiger partial charge in [0.1, 0.15) is 0 Å². The summed E-state index contributed by atoms with van der Waals surface area (Å²) in [6, 6.07) is 0. The Morgan fingerprint density at radius 1 is 0.750 bits per heavy atom. The summed E-state index contributed by atoms with van der Waals surface area (Å²) in [6.07, 6.45) is 22.7. The first-order valence-corrected chi connectivity index (χ1v) is 11.5. The van der Waals surface area contributed by atoms with E-state index in [1.54, 1.807) is 0 Å². The maximum atomic E-state index is 11.4. The molecule has 0 aliphatic rings. The summed E-state index contributed by atoms with van der Waals surface area (Å²) in [7, 11) is -3.38. The number of rotatable bonds is 16. The van der Waals surface area contributed by atoms with Crippen LogP contribution in [0.15, 0.2) is 24.3 Å². The largest absolute Gasteiger partial charge is 0.267 e. The van der Waals surface area contributed by atoms with Gasteiger partial charge in [-0.3, -0.25) is 4.18 Å². The lowest BCUT2D eigenvalue weighted by Gasteiger charge is -2.14. The van der Waals surface area contributed by atoms with E-state index in [0.29, 0.717) is 0 Å². The van der Waals surface area contributed by atoms with Gasteiger partial charge in [0.15, 0.2) is 0 Å². The maximum Gasteiger partial charge on any atom is 0.264 e. The first-order chi connectivity index (χ1) is 11.5. The lowest BCUT2D eigenvalue weighted by atomic mass is 10.1. The summed E-state index contributed by atoms with van der Waals surface area (Å²) in [4.78, 5) is 0. The van der Waals surface area contributed by atoms with Gasteiger partial charge in [-0.05, 0) is 51.4 Å². The Kier molecular flexibility index (Phi) is 15.5. The molecule has 0 rings (SSSR count). The van der Waals surface area contributed by atoms with Crippen molar-refractivity contribution in [2.45, 2.75) is 97.0 Å². The molecule has 0 spiro atoms. The second-order valence-corrected chi connectivity index (χ2v) is 8.11. The van der Waals surface area contributed by atoms with E-state index in [4.69, 9.17) is 4.18 Å². The second kappa shape index (κ2) is 15.9. The van der Waals surface area contributed by atoms with E-state index in [2.05, 4.69) is 38.2 Å². The van der Waals surface area contributed by atoms with Crippen molar-refractivity contribution in [1.29, 1.82) is 0 Å². The summed E-state index contributed by atoms with van der Waals surface area (Å²) in [5, 5.41) is 0. The summed E-state index contributed by atoms with van der Waals surface area (Å²) in [5.74, 6) is 0. The fourth-order valence-corrected chi connectivity index (χ4v) is 3.23. The van der Waals surface area contributed by atoms with Crippen molar-refractivity contribution >= 4 is 10.1 Å². The Hall–Kier alpha value is -0.610. The average molecular weight is 359 g/mol. The highest BCUT2D eigenvalue weighted by atomic mass is 32.2. The molecule has 3 nitrogen and oxygen atoms in total. The van der Waals surface area contributed by atoms with Crippen molar-refractivity contribution < 1.29 is 12.6 Å². The molecule has 142 valence electrons. The first kappa shape index (κ1) is 23.4. The molecule has 0 radical (unpaired) electrons. The van der Waals surface area contributed by atoms with Crippen LogP contribution < -0.4 is 0 Å². The van der Waals surface area contributed by atoms with Gasteiger partial charge >= 0.3 is 0 Å². The molecule has 0 amide bonds. The van der Waals surface area contributed by atoms with Crippen molar-refractivity contribution in [3.8, 4) is 0 Å². The van der Waals surface area contributed by atoms with Crippen molar-refractivity contribution in [2.24, 2.45) is 0 Å². The van der Waals surface area contributed by atoms with E-state index in [-0.39, 0.29) is 6.10 Å². The zero-order chi connectivity index (χ0) is 18.1. The Labute approximate surface area is 150 Å². The molecule has 0 aliphatic carbocycles. The first-order valence-electron chi connectivity index (χ1n) is 9.67. The van der Waals surface area contributed by atoms with Gasteiger partial charge < -0.3 is 0 Å². The van der Waals surface area contributed by atoms with E-state index in [1.807, 2.05) is 0 Å². The fourth-order valence-electron chi connectivity index (χ4n) is 2.55. The van der Waals surface area contributed by atoms with Crippen LogP contribution in [-0.4, -0.2) is 20.8 Å². The summed E-state index contributed by atoms with van der Waals surface area (Å²) in [6.45, 7) is 4.41. The molecule has 0 heterocycles. The zero-order valence-electron chi connectivity index (χ0n) is 16.0. The quantitative estimate of drug-likeness (QED) is 0.188. The number of allylic oxidation sites excluding steroid dienone is 4. The molecule has 0 atom stereocenters. The molecule has 0 N–H and O–H groups in total. The third-order valence-electron chi connectivity index (χ3n) is 3.90. The van der Waals surface area contributed by atoms with Crippen LogP contribution in [-0.2, 0) is 14.3 Å². The van der Waals surface area contributed by atoms with Crippen LogP contribution in [0.25, 0.3) is 0 Å². The van der Waals surface area contributed by atoms with Crippen LogP contribution in [0.1, 0.15) is 90.9 Å². The summed E-state index contributed by atoms with van der Waals surface area (Å²) < 4.78 is 28.0. The van der Waals surface area contributed by atoms with Crippen molar-refractivity contribution in [3.63, 3.8) is 0 Å². The van der Waals surface area contributed by atoms with Gasteiger partial charge in [-0.1, -0.05) is 63.8 Å². The fraction of sp³-hybridized carbons (Fsp3) is 0.800. The van der Waals surface area contributed by atoms with E-state index in [0.717, 1.165) is 44.8 Å². The van der Waals surface area contributed by atoms with E-state index < -0.39 is 10.1 Å². The predicted octanol–water partition coefficient (Wildman–Crippen LogP) is 6.16. The number of hydrogen-bond donors (Lipinski definition) is 0. The van der Waals surface area contributed by atoms with E-state index in [9.17, 15) is 8.42 Å². The Morgan fingerprint density at radius 2 is 1.17 bits per heavy atom. The predicted molar refractivity (Wildman–Crippen MR) is 105 cm³/mol. The van der Waals surface area contributed by atoms with Crippen LogP contribution in [0.4, 0.5) is 0 Å². The SMILES string of the molecule is CCCCC/C=C/CCC(CC/C=C/CCCCC)OS(C)(=O)=O. The van der Waals surface area contributed by atoms with Crippen LogP contribution in [0.3, 0.4) is 0 Å². The normalized spacial score (nSPS) is 12.8. The number of hydrogen-bond acceptors (Lipinski definition) is 3. The Bertz CT molecular complexity index is 400. The van der Waals surface area contributed by atoms with Crippen molar-refractivity contribution in [1.82, 2.24) is 0 Å². The lowest BCUT2D eigenvalue weighted by Crippen LogP contribution is -2.17. The van der Waals surface area contributed by atoms with Crippen molar-refractivity contribution in [3.05, 3.63) is 24.3 Å². The molecular weight excluding hydrogens is 320 g/mol. The highest BCUT2D eigenvalue weighted by Crippen LogP contribution is 2.14. The molecule has 4 heteroatoms. The van der Waals surface area contributed by atoms with Crippen molar-refractivity contribution in [2.75, 3.05) is 6.26 Å². The third kappa shape index (κ3) is 17.7. The van der Waals surface area contributed by atoms with Gasteiger partial charge in [0.25, 0.3) is 10.1 Å². The molecule has 0 aromatic rings. The van der Waals surface area contributed by atoms with Gasteiger partial charge in [-0.2, -0.15) is 8.42 Å². The summed E-state index contributed by atoms with van der Waals surface area (Å²) >= 11 is 0. The maximum absolute atomic E-state index is 11.4. The van der Waals surface area contributed by atoms with Gasteiger partial charge in [-0.15, -0.1) is 0 Å². The smallest absolute Gasteiger partial charge is 0.264 e. The third-order valence-corrected chi connectivity index (χ3v) is 4.53. The topological polar surface area (TPSA) is 43.4 Å². The van der Waals surface area contributed by atoms with E-state index in [1.165, 1.54) is 38.5 Å². The highest BCUT2D eigenvalue weighted by molar-refractivity contribution is 7.86. The van der Waals surface area contributed by atoms with E-state index >= 15 is 0 Å². The summed E-state index contributed by atoms with van der Waals surface area (Å²) in [5.41, 5.74) is 0. The molecule has 0 aliphatic heterocycles. The molecule has 0 unspecified atom stereocenters. The molecule has 0 bridgehead atoms. The average Bonchev–Trinajstić information content (AvgIpc) is 2.51. The van der Waals surface area contributed by atoms with Crippen LogP contribution in [0, 0.1) is 0 Å². The molecule has 0 saturated carbocycles. The van der Waals surface area contributed by atoms with Crippen LogP contribution >= 0.6 is 0 Å². The van der Waals surface area contributed by atoms with Gasteiger partial charge in [0.2, 0.25) is 0 Å². The molecule has 24 heavy (non-hydrogen) atoms. The minimum atomic E-state index is -3.38. The Morgan fingerprint density at radius 3 is 1.54 bits per heavy atom. The highest BCUT2D eigenvalue weighted by Gasteiger charge is 2.14. The lowest BCUT2D eigenvalue weighted by molar-refractivity contribution is 0.193. The molecular formula is C20H38O3S. The Balaban J connectivity index is 4.06. The van der Waals surface area contributed by atoms with Gasteiger partial charge in [0, 0.05) is 0 Å². The zero-order valence-corrected chi connectivity index (χ0v) is 16.8. The van der Waals surface area contributed by atoms with Crippen LogP contribution in [0.2, 0.25) is 0 Å². The minimum absolute atomic E-state index is 0.208. The second-order valence-electron chi connectivity index (χ2n) is 6.51.